The van der Waals surface area contributed by atoms with Crippen LogP contribution in [0.1, 0.15) is 21.8 Å². The van der Waals surface area contributed by atoms with E-state index >= 15 is 0 Å². The Labute approximate surface area is 131 Å². The van der Waals surface area contributed by atoms with Crippen molar-refractivity contribution < 1.29 is 4.39 Å². The summed E-state index contributed by atoms with van der Waals surface area (Å²) < 4.78 is 13.2. The molecule has 3 aromatic rings. The average Bonchev–Trinajstić information content (AvgIpc) is 2.71. The van der Waals surface area contributed by atoms with Gasteiger partial charge in [-0.25, -0.2) is 14.4 Å². The van der Waals surface area contributed by atoms with Gasteiger partial charge < -0.3 is 0 Å². The molecule has 0 unspecified atom stereocenters. The smallest absolute Gasteiger partial charge is 0.128 e. The molecule has 0 aliphatic carbocycles. The molecule has 0 amide bonds. The molecule has 0 radical (unpaired) electrons. The van der Waals surface area contributed by atoms with E-state index in [1.54, 1.807) is 35.2 Å². The number of rotatable bonds is 3. The van der Waals surface area contributed by atoms with Gasteiger partial charge in [-0.15, -0.1) is 23.1 Å². The number of aromatic nitrogens is 2. The second-order valence-corrected chi connectivity index (χ2v) is 7.13. The quantitative estimate of drug-likeness (QED) is 0.499. The Morgan fingerprint density at radius 2 is 2.00 bits per heavy atom. The summed E-state index contributed by atoms with van der Waals surface area (Å²) in [6.07, 6.45) is 0. The van der Waals surface area contributed by atoms with E-state index in [2.05, 4.69) is 23.8 Å². The number of aryl methyl sites for hydroxylation is 3. The van der Waals surface area contributed by atoms with Gasteiger partial charge in [0.2, 0.25) is 0 Å². The van der Waals surface area contributed by atoms with Crippen LogP contribution in [0.5, 0.6) is 0 Å². The molecule has 0 N–H and O–H groups in total. The first kappa shape index (κ1) is 14.5. The fourth-order valence-corrected chi connectivity index (χ4v) is 4.41. The molecular weight excluding hydrogens is 303 g/mol. The Kier molecular flexibility index (Phi) is 3.95. The number of benzene rings is 1. The molecule has 2 heterocycles. The molecule has 1 aromatic carbocycles. The van der Waals surface area contributed by atoms with Gasteiger partial charge in [0.05, 0.1) is 0 Å². The summed E-state index contributed by atoms with van der Waals surface area (Å²) in [5, 5.41) is 2.13. The number of fused-ring (bicyclic) bond motifs is 1. The lowest BCUT2D eigenvalue weighted by molar-refractivity contribution is 0.626. The maximum Gasteiger partial charge on any atom is 0.128 e. The molecule has 2 nitrogen and oxygen atoms in total. The molecule has 0 saturated carbocycles. The highest BCUT2D eigenvalue weighted by atomic mass is 32.2. The predicted molar refractivity (Wildman–Crippen MR) is 87.6 cm³/mol. The molecule has 0 aliphatic rings. The van der Waals surface area contributed by atoms with Gasteiger partial charge in [-0.05, 0) is 44.0 Å². The molecule has 0 saturated heterocycles. The van der Waals surface area contributed by atoms with Gasteiger partial charge in [-0.3, -0.25) is 0 Å². The minimum atomic E-state index is -0.195. The Morgan fingerprint density at radius 3 is 2.76 bits per heavy atom. The number of halogens is 1. The zero-order valence-electron chi connectivity index (χ0n) is 12.1. The lowest BCUT2D eigenvalue weighted by Gasteiger charge is -2.05. The summed E-state index contributed by atoms with van der Waals surface area (Å²) in [5.74, 6) is 1.29. The van der Waals surface area contributed by atoms with Crippen molar-refractivity contribution in [3.63, 3.8) is 0 Å². The summed E-state index contributed by atoms with van der Waals surface area (Å²) in [5.41, 5.74) is 2.21. The summed E-state index contributed by atoms with van der Waals surface area (Å²) in [4.78, 5) is 11.4. The molecule has 21 heavy (non-hydrogen) atoms. The molecule has 0 bridgehead atoms. The Hall–Kier alpha value is -1.46. The Morgan fingerprint density at radius 1 is 1.19 bits per heavy atom. The molecule has 0 aliphatic heterocycles. The van der Waals surface area contributed by atoms with E-state index in [9.17, 15) is 4.39 Å². The van der Waals surface area contributed by atoms with Crippen LogP contribution in [0.2, 0.25) is 0 Å². The first-order valence-corrected chi connectivity index (χ1v) is 8.46. The third-order valence-corrected chi connectivity index (χ3v) is 5.52. The van der Waals surface area contributed by atoms with E-state index in [-0.39, 0.29) is 5.82 Å². The van der Waals surface area contributed by atoms with Gasteiger partial charge in [0.1, 0.15) is 21.5 Å². The summed E-state index contributed by atoms with van der Waals surface area (Å²) in [6, 6.07) is 6.72. The van der Waals surface area contributed by atoms with E-state index < -0.39 is 0 Å². The Bertz CT molecular complexity index is 811. The van der Waals surface area contributed by atoms with Crippen molar-refractivity contribution in [1.29, 1.82) is 0 Å². The van der Waals surface area contributed by atoms with E-state index in [4.69, 9.17) is 0 Å². The summed E-state index contributed by atoms with van der Waals surface area (Å²) in [6.45, 7) is 6.13. The number of thioether (sulfide) groups is 1. The fraction of sp³-hybridized carbons (Fsp3) is 0.250. The molecule has 0 fully saturated rings. The number of nitrogens with zero attached hydrogens (tertiary/aromatic N) is 2. The van der Waals surface area contributed by atoms with Gasteiger partial charge in [-0.2, -0.15) is 0 Å². The number of thiophene rings is 1. The van der Waals surface area contributed by atoms with Gasteiger partial charge in [0.15, 0.2) is 0 Å². The first-order chi connectivity index (χ1) is 10.0. The molecule has 0 spiro atoms. The molecular formula is C16H15FN2S2. The van der Waals surface area contributed by atoms with E-state index in [0.717, 1.165) is 26.6 Å². The van der Waals surface area contributed by atoms with Crippen molar-refractivity contribution in [2.24, 2.45) is 0 Å². The fourth-order valence-electron chi connectivity index (χ4n) is 2.20. The normalized spacial score (nSPS) is 11.2. The van der Waals surface area contributed by atoms with E-state index in [1.807, 2.05) is 13.0 Å². The topological polar surface area (TPSA) is 25.8 Å². The lowest BCUT2D eigenvalue weighted by Crippen LogP contribution is -1.92. The van der Waals surface area contributed by atoms with Crippen LogP contribution in [0.3, 0.4) is 0 Å². The van der Waals surface area contributed by atoms with Crippen molar-refractivity contribution in [1.82, 2.24) is 9.97 Å². The van der Waals surface area contributed by atoms with E-state index in [1.165, 1.54) is 16.5 Å². The third-order valence-electron chi connectivity index (χ3n) is 3.37. The molecule has 2 aromatic heterocycles. The van der Waals surface area contributed by atoms with Gasteiger partial charge in [0.25, 0.3) is 0 Å². The van der Waals surface area contributed by atoms with Crippen LogP contribution < -0.4 is 0 Å². The summed E-state index contributed by atoms with van der Waals surface area (Å²) >= 11 is 3.35. The standard InChI is InChI=1S/C16H15FN2S2/c1-9-10(2)21-16-14(9)15(18-11(3)19-16)20-8-12-5-4-6-13(17)7-12/h4-7H,8H2,1-3H3. The number of hydrogen-bond donors (Lipinski definition) is 0. The van der Waals surface area contributed by atoms with Crippen LogP contribution in [0.25, 0.3) is 10.2 Å². The highest BCUT2D eigenvalue weighted by Gasteiger charge is 2.13. The summed E-state index contributed by atoms with van der Waals surface area (Å²) in [7, 11) is 0. The SMILES string of the molecule is Cc1nc(SCc2cccc(F)c2)c2c(C)c(C)sc2n1. The minimum absolute atomic E-state index is 0.195. The predicted octanol–water partition coefficient (Wildman–Crippen LogP) is 5.05. The van der Waals surface area contributed by atoms with Gasteiger partial charge in [-0.1, -0.05) is 12.1 Å². The highest BCUT2D eigenvalue weighted by Crippen LogP contribution is 2.36. The highest BCUT2D eigenvalue weighted by molar-refractivity contribution is 7.98. The van der Waals surface area contributed by atoms with Crippen LogP contribution >= 0.6 is 23.1 Å². The molecule has 108 valence electrons. The van der Waals surface area contributed by atoms with Crippen molar-refractivity contribution in [2.45, 2.75) is 31.6 Å². The van der Waals surface area contributed by atoms with Gasteiger partial charge in [0, 0.05) is 16.0 Å². The molecule has 5 heteroatoms. The van der Waals surface area contributed by atoms with Crippen LogP contribution in [-0.2, 0) is 5.75 Å². The second-order valence-electron chi connectivity index (χ2n) is 4.96. The maximum absolute atomic E-state index is 13.2. The van der Waals surface area contributed by atoms with Crippen molar-refractivity contribution in [3.05, 3.63) is 51.9 Å². The molecule has 0 atom stereocenters. The maximum atomic E-state index is 13.2. The van der Waals surface area contributed by atoms with Gasteiger partial charge >= 0.3 is 0 Å². The van der Waals surface area contributed by atoms with Crippen molar-refractivity contribution in [3.8, 4) is 0 Å². The lowest BCUT2D eigenvalue weighted by atomic mass is 10.2. The number of hydrogen-bond acceptors (Lipinski definition) is 4. The van der Waals surface area contributed by atoms with Crippen LogP contribution in [-0.4, -0.2) is 9.97 Å². The van der Waals surface area contributed by atoms with Crippen molar-refractivity contribution >= 4 is 33.3 Å². The van der Waals surface area contributed by atoms with Crippen LogP contribution in [0, 0.1) is 26.6 Å². The minimum Gasteiger partial charge on any atom is -0.226 e. The van der Waals surface area contributed by atoms with Crippen molar-refractivity contribution in [2.75, 3.05) is 0 Å². The average molecular weight is 318 g/mol. The Balaban J connectivity index is 1.96. The zero-order valence-corrected chi connectivity index (χ0v) is 13.7. The third kappa shape index (κ3) is 2.94. The first-order valence-electron chi connectivity index (χ1n) is 6.66. The van der Waals surface area contributed by atoms with Crippen LogP contribution in [0.15, 0.2) is 29.3 Å². The largest absolute Gasteiger partial charge is 0.226 e. The monoisotopic (exact) mass is 318 g/mol. The van der Waals surface area contributed by atoms with Crippen LogP contribution in [0.4, 0.5) is 4.39 Å². The molecule has 3 rings (SSSR count). The second kappa shape index (κ2) is 5.73. The zero-order chi connectivity index (χ0) is 15.0. The van der Waals surface area contributed by atoms with E-state index in [0.29, 0.717) is 5.75 Å².